The van der Waals surface area contributed by atoms with Gasteiger partial charge in [-0.25, -0.2) is 0 Å². The van der Waals surface area contributed by atoms with Crippen molar-refractivity contribution in [1.29, 1.82) is 0 Å². The summed E-state index contributed by atoms with van der Waals surface area (Å²) < 4.78 is 0. The van der Waals surface area contributed by atoms with Crippen LogP contribution in [0.5, 0.6) is 0 Å². The molecule has 0 radical (unpaired) electrons. The molecule has 1 aliphatic carbocycles. The number of para-hydroxylation sites is 1. The van der Waals surface area contributed by atoms with Crippen molar-refractivity contribution in [1.82, 2.24) is 0 Å². The fourth-order valence-corrected chi connectivity index (χ4v) is 2.81. The van der Waals surface area contributed by atoms with Gasteiger partial charge in [0.05, 0.1) is 0 Å². The van der Waals surface area contributed by atoms with Crippen LogP contribution in [0.2, 0.25) is 0 Å². The Morgan fingerprint density at radius 3 is 2.44 bits per heavy atom. The van der Waals surface area contributed by atoms with Crippen LogP contribution in [0.25, 0.3) is 0 Å². The third-order valence-electron chi connectivity index (χ3n) is 4.17. The molecule has 0 spiro atoms. The van der Waals surface area contributed by atoms with Gasteiger partial charge >= 0.3 is 0 Å². The molecule has 0 atom stereocenters. The zero-order chi connectivity index (χ0) is 13.0. The predicted octanol–water partition coefficient (Wildman–Crippen LogP) is 2.92. The first-order chi connectivity index (χ1) is 8.66. The minimum Gasteiger partial charge on any atom is -0.371 e. The lowest BCUT2D eigenvalue weighted by atomic mass is 9.75. The molecule has 3 heteroatoms. The molecule has 18 heavy (non-hydrogen) atoms. The van der Waals surface area contributed by atoms with Crippen LogP contribution in [0.3, 0.4) is 0 Å². The third-order valence-corrected chi connectivity index (χ3v) is 4.17. The number of rotatable bonds is 4. The molecule has 0 saturated heterocycles. The highest BCUT2D eigenvalue weighted by molar-refractivity contribution is 5.88. The van der Waals surface area contributed by atoms with Crippen molar-refractivity contribution < 1.29 is 4.79 Å². The fourth-order valence-electron chi connectivity index (χ4n) is 2.81. The van der Waals surface area contributed by atoms with Gasteiger partial charge in [-0.15, -0.1) is 0 Å². The Morgan fingerprint density at radius 1 is 1.33 bits per heavy atom. The number of anilines is 1. The zero-order valence-electron chi connectivity index (χ0n) is 11.0. The van der Waals surface area contributed by atoms with Gasteiger partial charge in [-0.05, 0) is 43.7 Å². The molecule has 0 aliphatic heterocycles. The molecule has 1 aromatic carbocycles. The maximum Gasteiger partial charge on any atom is 0.243 e. The monoisotopic (exact) mass is 246 g/mol. The number of hydrogen-bond donors (Lipinski definition) is 2. The Labute approximate surface area is 109 Å². The van der Waals surface area contributed by atoms with Crippen molar-refractivity contribution in [2.75, 3.05) is 5.32 Å². The second-order valence-electron chi connectivity index (χ2n) is 5.29. The van der Waals surface area contributed by atoms with E-state index in [1.54, 1.807) is 0 Å². The number of primary amides is 1. The highest BCUT2D eigenvalue weighted by Gasteiger charge is 2.39. The lowest BCUT2D eigenvalue weighted by Crippen LogP contribution is -2.52. The maximum absolute atomic E-state index is 11.8. The summed E-state index contributed by atoms with van der Waals surface area (Å²) in [6, 6.07) is 9.87. The summed E-state index contributed by atoms with van der Waals surface area (Å²) in [5.41, 5.74) is 6.06. The van der Waals surface area contributed by atoms with E-state index in [0.29, 0.717) is 0 Å². The lowest BCUT2D eigenvalue weighted by molar-refractivity contribution is -0.123. The minimum atomic E-state index is -0.549. The van der Waals surface area contributed by atoms with Crippen molar-refractivity contribution in [3.8, 4) is 0 Å². The van der Waals surface area contributed by atoms with E-state index < -0.39 is 5.54 Å². The van der Waals surface area contributed by atoms with Crippen molar-refractivity contribution in [3.05, 3.63) is 30.3 Å². The standard InChI is InChI=1S/C15H22N2O/c1-2-12-8-10-15(11-9-12,14(16)18)17-13-6-4-3-5-7-13/h3-7,12,17H,2,8-11H2,1H3,(H2,16,18). The Bertz CT molecular complexity index is 394. The van der Waals surface area contributed by atoms with E-state index in [9.17, 15) is 4.79 Å². The number of nitrogens with two attached hydrogens (primary N) is 1. The van der Waals surface area contributed by atoms with E-state index >= 15 is 0 Å². The summed E-state index contributed by atoms with van der Waals surface area (Å²) in [5.74, 6) is 0.524. The van der Waals surface area contributed by atoms with Crippen LogP contribution in [0.1, 0.15) is 39.0 Å². The molecule has 1 aliphatic rings. The van der Waals surface area contributed by atoms with Crippen LogP contribution < -0.4 is 11.1 Å². The fraction of sp³-hybridized carbons (Fsp3) is 0.533. The van der Waals surface area contributed by atoms with Crippen molar-refractivity contribution in [2.45, 2.75) is 44.6 Å². The van der Waals surface area contributed by atoms with E-state index in [1.807, 2.05) is 30.3 Å². The molecule has 0 aromatic heterocycles. The molecule has 1 aromatic rings. The molecule has 2 rings (SSSR count). The minimum absolute atomic E-state index is 0.221. The highest BCUT2D eigenvalue weighted by atomic mass is 16.1. The van der Waals surface area contributed by atoms with Gasteiger partial charge in [-0.2, -0.15) is 0 Å². The summed E-state index contributed by atoms with van der Waals surface area (Å²) >= 11 is 0. The van der Waals surface area contributed by atoms with Crippen LogP contribution in [0, 0.1) is 5.92 Å². The summed E-state index contributed by atoms with van der Waals surface area (Å²) in [6.45, 7) is 2.21. The van der Waals surface area contributed by atoms with Gasteiger partial charge in [0.2, 0.25) is 5.91 Å². The maximum atomic E-state index is 11.8. The average Bonchev–Trinajstić information content (AvgIpc) is 2.40. The summed E-state index contributed by atoms with van der Waals surface area (Å²) in [4.78, 5) is 11.8. The average molecular weight is 246 g/mol. The Kier molecular flexibility index (Phi) is 3.90. The van der Waals surface area contributed by atoms with Crippen LogP contribution in [0.4, 0.5) is 5.69 Å². The number of amides is 1. The van der Waals surface area contributed by atoms with E-state index in [-0.39, 0.29) is 5.91 Å². The van der Waals surface area contributed by atoms with Gasteiger partial charge in [-0.1, -0.05) is 31.5 Å². The van der Waals surface area contributed by atoms with Gasteiger partial charge in [0, 0.05) is 5.69 Å². The second kappa shape index (κ2) is 5.42. The smallest absolute Gasteiger partial charge is 0.243 e. The number of benzene rings is 1. The zero-order valence-corrected chi connectivity index (χ0v) is 11.0. The van der Waals surface area contributed by atoms with Crippen LogP contribution >= 0.6 is 0 Å². The van der Waals surface area contributed by atoms with E-state index in [0.717, 1.165) is 37.3 Å². The number of carbonyl (C=O) groups is 1. The molecule has 1 saturated carbocycles. The normalized spacial score (nSPS) is 27.7. The second-order valence-corrected chi connectivity index (χ2v) is 5.29. The van der Waals surface area contributed by atoms with Gasteiger partial charge in [0.1, 0.15) is 5.54 Å². The van der Waals surface area contributed by atoms with Crippen LogP contribution in [-0.2, 0) is 4.79 Å². The third kappa shape index (κ3) is 2.66. The van der Waals surface area contributed by atoms with Gasteiger partial charge in [0.25, 0.3) is 0 Å². The Hall–Kier alpha value is -1.51. The van der Waals surface area contributed by atoms with E-state index in [1.165, 1.54) is 6.42 Å². The summed E-state index contributed by atoms with van der Waals surface area (Å²) in [7, 11) is 0. The molecule has 0 bridgehead atoms. The van der Waals surface area contributed by atoms with Crippen molar-refractivity contribution in [2.24, 2.45) is 11.7 Å². The lowest BCUT2D eigenvalue weighted by Gasteiger charge is -2.39. The SMILES string of the molecule is CCC1CCC(Nc2ccccc2)(C(N)=O)CC1. The molecular weight excluding hydrogens is 224 g/mol. The summed E-state index contributed by atoms with van der Waals surface area (Å²) in [5, 5.41) is 3.36. The Morgan fingerprint density at radius 2 is 1.94 bits per heavy atom. The number of nitrogens with one attached hydrogen (secondary N) is 1. The summed E-state index contributed by atoms with van der Waals surface area (Å²) in [6.07, 6.45) is 5.05. The largest absolute Gasteiger partial charge is 0.371 e. The molecule has 0 heterocycles. The quantitative estimate of drug-likeness (QED) is 0.858. The molecular formula is C15H22N2O. The molecule has 98 valence electrons. The molecule has 1 amide bonds. The van der Waals surface area contributed by atoms with Gasteiger partial charge in [-0.3, -0.25) is 4.79 Å². The van der Waals surface area contributed by atoms with Gasteiger partial charge in [0.15, 0.2) is 0 Å². The first-order valence-electron chi connectivity index (χ1n) is 6.79. The van der Waals surface area contributed by atoms with Crippen molar-refractivity contribution >= 4 is 11.6 Å². The van der Waals surface area contributed by atoms with Crippen molar-refractivity contribution in [3.63, 3.8) is 0 Å². The van der Waals surface area contributed by atoms with E-state index in [2.05, 4.69) is 12.2 Å². The molecule has 0 unspecified atom stereocenters. The molecule has 1 fully saturated rings. The van der Waals surface area contributed by atoms with E-state index in [4.69, 9.17) is 5.73 Å². The van der Waals surface area contributed by atoms with Crippen LogP contribution in [0.15, 0.2) is 30.3 Å². The topological polar surface area (TPSA) is 55.1 Å². The molecule has 3 N–H and O–H groups in total. The first-order valence-corrected chi connectivity index (χ1v) is 6.79. The van der Waals surface area contributed by atoms with Crippen LogP contribution in [-0.4, -0.2) is 11.4 Å². The number of hydrogen-bond acceptors (Lipinski definition) is 2. The Balaban J connectivity index is 2.12. The predicted molar refractivity (Wildman–Crippen MR) is 74.2 cm³/mol. The van der Waals surface area contributed by atoms with Gasteiger partial charge < -0.3 is 11.1 Å². The first kappa shape index (κ1) is 12.9. The number of carbonyl (C=O) groups excluding carboxylic acids is 1. The molecule has 3 nitrogen and oxygen atoms in total. The highest BCUT2D eigenvalue weighted by Crippen LogP contribution is 2.35.